The van der Waals surface area contributed by atoms with Gasteiger partial charge < -0.3 is 19.5 Å². The number of likely N-dealkylation sites (tertiary alicyclic amines) is 1. The summed E-state index contributed by atoms with van der Waals surface area (Å²) in [6, 6.07) is 0. The van der Waals surface area contributed by atoms with E-state index >= 15 is 0 Å². The highest BCUT2D eigenvalue weighted by Gasteiger charge is 2.48. The molecule has 0 saturated carbocycles. The van der Waals surface area contributed by atoms with Gasteiger partial charge in [0.15, 0.2) is 6.10 Å². The number of ether oxygens (including phenoxy) is 2. The highest BCUT2D eigenvalue weighted by Crippen LogP contribution is 2.38. The highest BCUT2D eigenvalue weighted by molar-refractivity contribution is 5.73. The first kappa shape index (κ1) is 15.1. The molecular weight excluding hydrogens is 262 g/mol. The molecule has 2 heterocycles. The van der Waals surface area contributed by atoms with Crippen molar-refractivity contribution in [3.8, 4) is 0 Å². The minimum Gasteiger partial charge on any atom is -0.479 e. The van der Waals surface area contributed by atoms with Gasteiger partial charge in [0.2, 0.25) is 0 Å². The van der Waals surface area contributed by atoms with Crippen LogP contribution in [0.2, 0.25) is 0 Å². The van der Waals surface area contributed by atoms with Gasteiger partial charge in [-0.3, -0.25) is 0 Å². The first-order chi connectivity index (χ1) is 9.23. The van der Waals surface area contributed by atoms with E-state index in [2.05, 4.69) is 0 Å². The lowest BCUT2D eigenvalue weighted by atomic mass is 9.87. The van der Waals surface area contributed by atoms with E-state index in [1.807, 2.05) is 20.8 Å². The van der Waals surface area contributed by atoms with Gasteiger partial charge in [-0.2, -0.15) is 0 Å². The normalized spacial score (nSPS) is 30.6. The van der Waals surface area contributed by atoms with E-state index < -0.39 is 17.7 Å². The number of nitrogens with zero attached hydrogens (tertiary/aromatic N) is 1. The van der Waals surface area contributed by atoms with Crippen LogP contribution in [0.4, 0.5) is 4.79 Å². The summed E-state index contributed by atoms with van der Waals surface area (Å²) < 4.78 is 10.9. The average Bonchev–Trinajstić information content (AvgIpc) is 2.71. The quantitative estimate of drug-likeness (QED) is 0.797. The maximum atomic E-state index is 12.3. The van der Waals surface area contributed by atoms with Gasteiger partial charge in [-0.25, -0.2) is 9.59 Å². The fraction of sp³-hybridized carbons (Fsp3) is 0.857. The van der Waals surface area contributed by atoms with Crippen molar-refractivity contribution >= 4 is 12.1 Å². The Morgan fingerprint density at radius 2 is 2.05 bits per heavy atom. The number of carboxylic acid groups (broad SMARTS) is 1. The molecule has 1 spiro atoms. The molecule has 2 atom stereocenters. The number of carbonyl (C=O) groups excluding carboxylic acids is 1. The summed E-state index contributed by atoms with van der Waals surface area (Å²) in [6.45, 7) is 6.45. The molecule has 1 amide bonds. The maximum absolute atomic E-state index is 12.3. The Morgan fingerprint density at radius 3 is 2.55 bits per heavy atom. The van der Waals surface area contributed by atoms with Crippen LogP contribution in [0.3, 0.4) is 0 Å². The van der Waals surface area contributed by atoms with Crippen molar-refractivity contribution in [3.63, 3.8) is 0 Å². The zero-order chi connectivity index (χ0) is 15.0. The predicted molar refractivity (Wildman–Crippen MR) is 71.5 cm³/mol. The number of hydrogen-bond acceptors (Lipinski definition) is 4. The molecule has 0 aliphatic carbocycles. The second-order valence-corrected chi connectivity index (χ2v) is 6.64. The molecule has 0 aromatic heterocycles. The highest BCUT2D eigenvalue weighted by atomic mass is 16.6. The summed E-state index contributed by atoms with van der Waals surface area (Å²) in [5, 5.41) is 8.97. The Morgan fingerprint density at radius 1 is 1.35 bits per heavy atom. The summed E-state index contributed by atoms with van der Waals surface area (Å²) in [7, 11) is 0. The molecule has 6 heteroatoms. The van der Waals surface area contributed by atoms with Crippen LogP contribution in [0.5, 0.6) is 0 Å². The summed E-state index contributed by atoms with van der Waals surface area (Å²) in [6.07, 6.45) is 1.77. The van der Waals surface area contributed by atoms with Gasteiger partial charge in [0.05, 0.1) is 12.1 Å². The van der Waals surface area contributed by atoms with Gasteiger partial charge in [0.25, 0.3) is 0 Å². The molecule has 2 fully saturated rings. The number of carbonyl (C=O) groups is 2. The van der Waals surface area contributed by atoms with Crippen LogP contribution in [-0.2, 0) is 14.3 Å². The number of carboxylic acids is 1. The second kappa shape index (κ2) is 5.24. The predicted octanol–water partition coefficient (Wildman–Crippen LogP) is 2.02. The van der Waals surface area contributed by atoms with Crippen LogP contribution in [0, 0.1) is 0 Å². The Bertz CT molecular complexity index is 393. The lowest BCUT2D eigenvalue weighted by molar-refractivity contribution is -0.159. The topological polar surface area (TPSA) is 76.1 Å². The molecule has 2 rings (SSSR count). The van der Waals surface area contributed by atoms with E-state index in [0.29, 0.717) is 19.4 Å². The fourth-order valence-corrected chi connectivity index (χ4v) is 2.96. The summed E-state index contributed by atoms with van der Waals surface area (Å²) in [4.78, 5) is 24.9. The maximum Gasteiger partial charge on any atom is 0.410 e. The summed E-state index contributed by atoms with van der Waals surface area (Å²) >= 11 is 0. The number of rotatable bonds is 1. The Labute approximate surface area is 119 Å². The van der Waals surface area contributed by atoms with Crippen molar-refractivity contribution in [2.75, 3.05) is 13.2 Å². The Hall–Kier alpha value is -1.30. The number of hydrogen-bond donors (Lipinski definition) is 1. The molecule has 2 aliphatic rings. The largest absolute Gasteiger partial charge is 0.479 e. The van der Waals surface area contributed by atoms with Crippen LogP contribution in [0.25, 0.3) is 0 Å². The van der Waals surface area contributed by atoms with E-state index in [1.54, 1.807) is 4.90 Å². The number of aliphatic carboxylic acids is 1. The number of amides is 1. The molecule has 0 aromatic rings. The standard InChI is InChI=1S/C14H23NO5/c1-13(2,3)20-12(18)15-8-4-6-14(15)7-5-10(11(16)17)19-9-14/h10H,4-9H2,1-3H3,(H,16,17). The molecule has 1 N–H and O–H groups in total. The monoisotopic (exact) mass is 285 g/mol. The molecule has 0 radical (unpaired) electrons. The third-order valence-corrected chi connectivity index (χ3v) is 3.91. The van der Waals surface area contributed by atoms with Crippen molar-refractivity contribution in [1.29, 1.82) is 0 Å². The second-order valence-electron chi connectivity index (χ2n) is 6.64. The third kappa shape index (κ3) is 3.06. The summed E-state index contributed by atoms with van der Waals surface area (Å²) in [5.74, 6) is -0.929. The molecule has 2 unspecified atom stereocenters. The van der Waals surface area contributed by atoms with Gasteiger partial charge >= 0.3 is 12.1 Å². The van der Waals surface area contributed by atoms with Crippen molar-refractivity contribution < 1.29 is 24.2 Å². The molecule has 0 bridgehead atoms. The van der Waals surface area contributed by atoms with Crippen molar-refractivity contribution in [3.05, 3.63) is 0 Å². The minimum atomic E-state index is -0.929. The molecule has 20 heavy (non-hydrogen) atoms. The smallest absolute Gasteiger partial charge is 0.410 e. The molecular formula is C14H23NO5. The van der Waals surface area contributed by atoms with E-state index in [1.165, 1.54) is 0 Å². The Kier molecular flexibility index (Phi) is 3.95. The van der Waals surface area contributed by atoms with Gasteiger partial charge in [-0.15, -0.1) is 0 Å². The molecule has 114 valence electrons. The summed E-state index contributed by atoms with van der Waals surface area (Å²) in [5.41, 5.74) is -0.908. The van der Waals surface area contributed by atoms with Crippen LogP contribution < -0.4 is 0 Å². The van der Waals surface area contributed by atoms with Crippen molar-refractivity contribution in [1.82, 2.24) is 4.90 Å². The van der Waals surface area contributed by atoms with E-state index in [0.717, 1.165) is 12.8 Å². The van der Waals surface area contributed by atoms with Crippen LogP contribution >= 0.6 is 0 Å². The fourth-order valence-electron chi connectivity index (χ4n) is 2.96. The Balaban J connectivity index is 2.04. The van der Waals surface area contributed by atoms with Gasteiger partial charge in [-0.1, -0.05) is 0 Å². The van der Waals surface area contributed by atoms with E-state index in [9.17, 15) is 9.59 Å². The van der Waals surface area contributed by atoms with Crippen molar-refractivity contribution in [2.45, 2.75) is 63.7 Å². The average molecular weight is 285 g/mol. The van der Waals surface area contributed by atoms with Crippen LogP contribution in [0.15, 0.2) is 0 Å². The SMILES string of the molecule is CC(C)(C)OC(=O)N1CCCC12CCC(C(=O)O)OC2. The lowest BCUT2D eigenvalue weighted by Gasteiger charge is -2.42. The van der Waals surface area contributed by atoms with Crippen molar-refractivity contribution in [2.24, 2.45) is 0 Å². The van der Waals surface area contributed by atoms with Crippen LogP contribution in [-0.4, -0.2) is 52.5 Å². The zero-order valence-corrected chi connectivity index (χ0v) is 12.3. The van der Waals surface area contributed by atoms with Crippen LogP contribution in [0.1, 0.15) is 46.5 Å². The van der Waals surface area contributed by atoms with Gasteiger partial charge in [0.1, 0.15) is 5.60 Å². The molecule has 2 saturated heterocycles. The van der Waals surface area contributed by atoms with Gasteiger partial charge in [-0.05, 0) is 46.5 Å². The molecule has 0 aromatic carbocycles. The first-order valence-corrected chi connectivity index (χ1v) is 7.09. The van der Waals surface area contributed by atoms with Gasteiger partial charge in [0, 0.05) is 6.54 Å². The minimum absolute atomic E-state index is 0.281. The molecule has 6 nitrogen and oxygen atoms in total. The third-order valence-electron chi connectivity index (χ3n) is 3.91. The van der Waals surface area contributed by atoms with E-state index in [4.69, 9.17) is 14.6 Å². The first-order valence-electron chi connectivity index (χ1n) is 7.09. The van der Waals surface area contributed by atoms with E-state index in [-0.39, 0.29) is 18.2 Å². The lowest BCUT2D eigenvalue weighted by Crippen LogP contribution is -2.55. The zero-order valence-electron chi connectivity index (χ0n) is 12.3. The molecule has 2 aliphatic heterocycles.